The number of piperazine rings is 1. The fraction of sp³-hybridized carbons (Fsp3) is 0.294. The number of carbonyl (C=O) groups is 1. The molecule has 1 N–H and O–H groups in total. The number of nitrogens with one attached hydrogen (secondary N) is 1. The SMILES string of the molecule is O=C(CN1CCN(S(=O)(=O)c2cccc(F)c2)CC1)Nc1ccc(Br)cn1. The third-order valence-corrected chi connectivity index (χ3v) is 6.49. The molecule has 0 bridgehead atoms. The first kappa shape index (κ1) is 19.9. The molecule has 0 spiro atoms. The number of sulfonamides is 1. The fourth-order valence-corrected chi connectivity index (χ4v) is 4.43. The number of hydrogen-bond donors (Lipinski definition) is 1. The van der Waals surface area contributed by atoms with Crippen LogP contribution in [0.5, 0.6) is 0 Å². The first-order chi connectivity index (χ1) is 12.8. The number of aromatic nitrogens is 1. The molecule has 1 aliphatic rings. The highest BCUT2D eigenvalue weighted by Crippen LogP contribution is 2.18. The van der Waals surface area contributed by atoms with Crippen LogP contribution in [0.1, 0.15) is 0 Å². The maximum Gasteiger partial charge on any atom is 0.243 e. The molecular formula is C17H18BrFN4O3S. The Morgan fingerprint density at radius 2 is 1.93 bits per heavy atom. The van der Waals surface area contributed by atoms with Crippen LogP contribution in [0.2, 0.25) is 0 Å². The quantitative estimate of drug-likeness (QED) is 0.742. The van der Waals surface area contributed by atoms with Gasteiger partial charge in [0.25, 0.3) is 0 Å². The summed E-state index contributed by atoms with van der Waals surface area (Å²) in [6, 6.07) is 8.43. The van der Waals surface area contributed by atoms with Crippen molar-refractivity contribution < 1.29 is 17.6 Å². The molecule has 7 nitrogen and oxygen atoms in total. The number of carbonyl (C=O) groups excluding carboxylic acids is 1. The molecule has 0 aliphatic carbocycles. The van der Waals surface area contributed by atoms with Crippen LogP contribution in [0.4, 0.5) is 10.2 Å². The Kier molecular flexibility index (Phi) is 6.20. The lowest BCUT2D eigenvalue weighted by atomic mass is 10.3. The lowest BCUT2D eigenvalue weighted by molar-refractivity contribution is -0.117. The number of pyridine rings is 1. The van der Waals surface area contributed by atoms with E-state index in [1.807, 2.05) is 4.90 Å². The summed E-state index contributed by atoms with van der Waals surface area (Å²) in [6.45, 7) is 1.45. The van der Waals surface area contributed by atoms with Crippen molar-refractivity contribution in [3.05, 3.63) is 52.9 Å². The summed E-state index contributed by atoms with van der Waals surface area (Å²) in [4.78, 5) is 18.0. The van der Waals surface area contributed by atoms with E-state index in [4.69, 9.17) is 0 Å². The standard InChI is InChI=1S/C17H18BrFN4O3S/c18-13-4-5-16(20-11-13)21-17(24)12-22-6-8-23(9-7-22)27(25,26)15-3-1-2-14(19)10-15/h1-5,10-11H,6-9,12H2,(H,20,21,24). The van der Waals surface area contributed by atoms with Crippen molar-refractivity contribution in [2.24, 2.45) is 0 Å². The zero-order valence-electron chi connectivity index (χ0n) is 14.3. The molecule has 3 rings (SSSR count). The van der Waals surface area contributed by atoms with Gasteiger partial charge in [0.2, 0.25) is 15.9 Å². The van der Waals surface area contributed by atoms with Gasteiger partial charge in [0.05, 0.1) is 11.4 Å². The van der Waals surface area contributed by atoms with Gasteiger partial charge < -0.3 is 5.32 Å². The number of rotatable bonds is 5. The van der Waals surface area contributed by atoms with Crippen LogP contribution in [0.3, 0.4) is 0 Å². The van der Waals surface area contributed by atoms with Crippen molar-refractivity contribution >= 4 is 37.7 Å². The number of halogens is 2. The van der Waals surface area contributed by atoms with Crippen LogP contribution in [0.15, 0.2) is 52.0 Å². The van der Waals surface area contributed by atoms with Crippen LogP contribution in [0, 0.1) is 5.82 Å². The molecule has 0 saturated carbocycles. The summed E-state index contributed by atoms with van der Waals surface area (Å²) < 4.78 is 40.6. The number of hydrogen-bond acceptors (Lipinski definition) is 5. The predicted molar refractivity (Wildman–Crippen MR) is 102 cm³/mol. The van der Waals surface area contributed by atoms with Gasteiger partial charge in [-0.1, -0.05) is 6.07 Å². The van der Waals surface area contributed by atoms with Crippen molar-refractivity contribution in [1.29, 1.82) is 0 Å². The van der Waals surface area contributed by atoms with E-state index in [1.54, 1.807) is 18.3 Å². The van der Waals surface area contributed by atoms with Crippen LogP contribution in [-0.4, -0.2) is 61.2 Å². The molecule has 0 radical (unpaired) electrons. The molecule has 2 aromatic rings. The monoisotopic (exact) mass is 456 g/mol. The van der Waals surface area contributed by atoms with Crippen LogP contribution >= 0.6 is 15.9 Å². The Labute approximate surface area is 165 Å². The van der Waals surface area contributed by atoms with E-state index in [0.29, 0.717) is 18.9 Å². The third kappa shape index (κ3) is 5.10. The highest BCUT2D eigenvalue weighted by molar-refractivity contribution is 9.10. The number of benzene rings is 1. The zero-order valence-corrected chi connectivity index (χ0v) is 16.7. The summed E-state index contributed by atoms with van der Waals surface area (Å²) in [5.41, 5.74) is 0. The molecule has 1 aromatic heterocycles. The number of amides is 1. The molecule has 2 heterocycles. The predicted octanol–water partition coefficient (Wildman–Crippen LogP) is 1.93. The molecule has 1 fully saturated rings. The molecule has 10 heteroatoms. The molecule has 144 valence electrons. The summed E-state index contributed by atoms with van der Waals surface area (Å²) >= 11 is 3.28. The molecule has 27 heavy (non-hydrogen) atoms. The molecular weight excluding hydrogens is 439 g/mol. The first-order valence-electron chi connectivity index (χ1n) is 8.24. The van der Waals surface area contributed by atoms with E-state index in [0.717, 1.165) is 10.5 Å². The highest BCUT2D eigenvalue weighted by atomic mass is 79.9. The summed E-state index contributed by atoms with van der Waals surface area (Å²) in [6.07, 6.45) is 1.59. The first-order valence-corrected chi connectivity index (χ1v) is 10.5. The van der Waals surface area contributed by atoms with Gasteiger partial charge in [-0.05, 0) is 46.3 Å². The topological polar surface area (TPSA) is 82.6 Å². The minimum atomic E-state index is -3.74. The number of anilines is 1. The van der Waals surface area contributed by atoms with Gasteiger partial charge in [-0.15, -0.1) is 0 Å². The number of nitrogens with zero attached hydrogens (tertiary/aromatic N) is 3. The molecule has 0 unspecified atom stereocenters. The Morgan fingerprint density at radius 1 is 1.19 bits per heavy atom. The zero-order chi connectivity index (χ0) is 19.4. The van der Waals surface area contributed by atoms with Gasteiger partial charge in [-0.25, -0.2) is 17.8 Å². The normalized spacial score (nSPS) is 16.2. The maximum absolute atomic E-state index is 13.3. The second-order valence-corrected chi connectivity index (χ2v) is 8.90. The largest absolute Gasteiger partial charge is 0.310 e. The van der Waals surface area contributed by atoms with Crippen LogP contribution < -0.4 is 5.32 Å². The average Bonchev–Trinajstić information content (AvgIpc) is 2.64. The van der Waals surface area contributed by atoms with Crippen molar-refractivity contribution in [2.75, 3.05) is 38.0 Å². The van der Waals surface area contributed by atoms with E-state index in [-0.39, 0.29) is 30.4 Å². The van der Waals surface area contributed by atoms with Gasteiger partial charge >= 0.3 is 0 Å². The van der Waals surface area contributed by atoms with E-state index < -0.39 is 15.8 Å². The summed E-state index contributed by atoms with van der Waals surface area (Å²) in [5, 5.41) is 2.70. The van der Waals surface area contributed by atoms with E-state index in [9.17, 15) is 17.6 Å². The summed E-state index contributed by atoms with van der Waals surface area (Å²) in [5.74, 6) is -0.352. The highest BCUT2D eigenvalue weighted by Gasteiger charge is 2.29. The summed E-state index contributed by atoms with van der Waals surface area (Å²) in [7, 11) is -3.74. The van der Waals surface area contributed by atoms with Gasteiger partial charge in [0.15, 0.2) is 0 Å². The lowest BCUT2D eigenvalue weighted by Crippen LogP contribution is -2.50. The van der Waals surface area contributed by atoms with Crippen LogP contribution in [0.25, 0.3) is 0 Å². The van der Waals surface area contributed by atoms with Gasteiger partial charge in [0, 0.05) is 36.8 Å². The van der Waals surface area contributed by atoms with Crippen molar-refractivity contribution in [2.45, 2.75) is 4.90 Å². The van der Waals surface area contributed by atoms with E-state index in [1.165, 1.54) is 22.5 Å². The smallest absolute Gasteiger partial charge is 0.243 e. The molecule has 1 aromatic carbocycles. The maximum atomic E-state index is 13.3. The Bertz CT molecular complexity index is 916. The fourth-order valence-electron chi connectivity index (χ4n) is 2.74. The Balaban J connectivity index is 1.54. The third-order valence-electron chi connectivity index (χ3n) is 4.13. The second kappa shape index (κ2) is 8.42. The van der Waals surface area contributed by atoms with Crippen molar-refractivity contribution in [3.8, 4) is 0 Å². The Hall–Kier alpha value is -1.88. The van der Waals surface area contributed by atoms with Gasteiger partial charge in [-0.2, -0.15) is 4.31 Å². The average molecular weight is 457 g/mol. The minimum Gasteiger partial charge on any atom is -0.310 e. The Morgan fingerprint density at radius 3 is 2.56 bits per heavy atom. The van der Waals surface area contributed by atoms with Crippen molar-refractivity contribution in [1.82, 2.24) is 14.2 Å². The van der Waals surface area contributed by atoms with E-state index >= 15 is 0 Å². The van der Waals surface area contributed by atoms with E-state index in [2.05, 4.69) is 26.2 Å². The van der Waals surface area contributed by atoms with Crippen molar-refractivity contribution in [3.63, 3.8) is 0 Å². The molecule has 1 saturated heterocycles. The molecule has 1 amide bonds. The minimum absolute atomic E-state index is 0.0602. The van der Waals surface area contributed by atoms with Crippen LogP contribution in [-0.2, 0) is 14.8 Å². The van der Waals surface area contributed by atoms with Gasteiger partial charge in [-0.3, -0.25) is 9.69 Å². The second-order valence-electron chi connectivity index (χ2n) is 6.05. The molecule has 1 aliphatic heterocycles. The lowest BCUT2D eigenvalue weighted by Gasteiger charge is -2.33. The van der Waals surface area contributed by atoms with Gasteiger partial charge in [0.1, 0.15) is 11.6 Å². The molecule has 0 atom stereocenters.